The smallest absolute Gasteiger partial charge is 0.251 e. The zero-order valence-electron chi connectivity index (χ0n) is 12.7. The fourth-order valence-electron chi connectivity index (χ4n) is 1.90. The van der Waals surface area contributed by atoms with Crippen molar-refractivity contribution >= 4 is 29.0 Å². The zero-order chi connectivity index (χ0) is 15.9. The van der Waals surface area contributed by atoms with Crippen LogP contribution in [0.15, 0.2) is 34.5 Å². The maximum atomic E-state index is 12.1. The van der Waals surface area contributed by atoms with Crippen molar-refractivity contribution < 1.29 is 9.90 Å². The van der Waals surface area contributed by atoms with Gasteiger partial charge in [0.05, 0.1) is 11.6 Å². The summed E-state index contributed by atoms with van der Waals surface area (Å²) < 4.78 is 0. The fraction of sp³-hybridized carbons (Fsp3) is 0.375. The lowest BCUT2D eigenvalue weighted by Gasteiger charge is -2.10. The third-order valence-electron chi connectivity index (χ3n) is 3.10. The summed E-state index contributed by atoms with van der Waals surface area (Å²) in [7, 11) is 0. The summed E-state index contributed by atoms with van der Waals surface area (Å²) in [5.41, 5.74) is 1.67. The van der Waals surface area contributed by atoms with Crippen LogP contribution in [0.1, 0.15) is 33.9 Å². The molecule has 0 fully saturated rings. The van der Waals surface area contributed by atoms with Gasteiger partial charge in [0.15, 0.2) is 0 Å². The number of aromatic nitrogens is 1. The van der Waals surface area contributed by atoms with Crippen molar-refractivity contribution in [1.82, 2.24) is 10.3 Å². The number of aliphatic hydroxyl groups excluding tert-OH is 1. The Kier molecular flexibility index (Phi) is 6.42. The molecule has 0 aliphatic carbocycles. The standard InChI is InChI=1S/C16H20N2O2S2/c1-11(16-18-12(2)10-22-16)9-17-15(20)13-3-5-14(6-4-13)21-8-7-19/h3-6,10-11,19H,7-9H2,1-2H3,(H,17,20)/t11-/m1/s1. The van der Waals surface area contributed by atoms with Gasteiger partial charge in [-0.15, -0.1) is 23.1 Å². The Balaban J connectivity index is 1.86. The third-order valence-corrected chi connectivity index (χ3v) is 5.29. The van der Waals surface area contributed by atoms with Gasteiger partial charge in [0, 0.05) is 39.7 Å². The van der Waals surface area contributed by atoms with Crippen LogP contribution in [0.4, 0.5) is 0 Å². The highest BCUT2D eigenvalue weighted by molar-refractivity contribution is 7.99. The van der Waals surface area contributed by atoms with Gasteiger partial charge < -0.3 is 10.4 Å². The molecule has 0 aliphatic heterocycles. The molecule has 0 spiro atoms. The van der Waals surface area contributed by atoms with E-state index in [-0.39, 0.29) is 18.4 Å². The van der Waals surface area contributed by atoms with Gasteiger partial charge in [-0.05, 0) is 31.2 Å². The van der Waals surface area contributed by atoms with Gasteiger partial charge in [0.1, 0.15) is 0 Å². The summed E-state index contributed by atoms with van der Waals surface area (Å²) in [4.78, 5) is 17.6. The van der Waals surface area contributed by atoms with Crippen molar-refractivity contribution in [2.45, 2.75) is 24.7 Å². The lowest BCUT2D eigenvalue weighted by atomic mass is 10.1. The van der Waals surface area contributed by atoms with Gasteiger partial charge in [-0.1, -0.05) is 6.92 Å². The summed E-state index contributed by atoms with van der Waals surface area (Å²) >= 11 is 3.20. The van der Waals surface area contributed by atoms with Gasteiger partial charge in [-0.3, -0.25) is 4.79 Å². The third kappa shape index (κ3) is 4.83. The first kappa shape index (κ1) is 17.0. The first-order valence-corrected chi connectivity index (χ1v) is 9.00. The van der Waals surface area contributed by atoms with E-state index < -0.39 is 0 Å². The second-order valence-electron chi connectivity index (χ2n) is 5.03. The number of hydrogen-bond donors (Lipinski definition) is 2. The highest BCUT2D eigenvalue weighted by atomic mass is 32.2. The molecule has 0 bridgehead atoms. The molecule has 2 rings (SSSR count). The second-order valence-corrected chi connectivity index (χ2v) is 7.09. The molecule has 1 amide bonds. The average molecular weight is 336 g/mol. The van der Waals surface area contributed by atoms with Crippen molar-refractivity contribution in [3.63, 3.8) is 0 Å². The second kappa shape index (κ2) is 8.31. The van der Waals surface area contributed by atoms with Crippen molar-refractivity contribution in [3.8, 4) is 0 Å². The molecular formula is C16H20N2O2S2. The van der Waals surface area contributed by atoms with Crippen LogP contribution in [-0.4, -0.2) is 34.9 Å². The number of benzene rings is 1. The van der Waals surface area contributed by atoms with Gasteiger partial charge >= 0.3 is 0 Å². The van der Waals surface area contributed by atoms with E-state index in [9.17, 15) is 4.79 Å². The SMILES string of the molecule is Cc1csc([C@H](C)CNC(=O)c2ccc(SCCO)cc2)n1. The molecule has 0 unspecified atom stereocenters. The summed E-state index contributed by atoms with van der Waals surface area (Å²) in [6.07, 6.45) is 0. The van der Waals surface area contributed by atoms with Gasteiger partial charge in [-0.25, -0.2) is 4.98 Å². The molecule has 2 aromatic rings. The Morgan fingerprint density at radius 1 is 1.41 bits per heavy atom. The lowest BCUT2D eigenvalue weighted by molar-refractivity contribution is 0.0951. The number of thiazole rings is 1. The number of thioether (sulfide) groups is 1. The molecule has 22 heavy (non-hydrogen) atoms. The molecule has 0 saturated heterocycles. The van der Waals surface area contributed by atoms with E-state index >= 15 is 0 Å². The van der Waals surface area contributed by atoms with E-state index in [1.807, 2.05) is 36.6 Å². The molecule has 4 nitrogen and oxygen atoms in total. The van der Waals surface area contributed by atoms with E-state index in [0.29, 0.717) is 17.9 Å². The number of aliphatic hydroxyl groups is 1. The minimum atomic E-state index is -0.0705. The predicted molar refractivity (Wildman–Crippen MR) is 91.9 cm³/mol. The minimum Gasteiger partial charge on any atom is -0.396 e. The van der Waals surface area contributed by atoms with Crippen molar-refractivity contribution in [2.24, 2.45) is 0 Å². The number of aryl methyl sites for hydroxylation is 1. The Bertz CT molecular complexity index is 611. The summed E-state index contributed by atoms with van der Waals surface area (Å²) in [5, 5.41) is 14.8. The van der Waals surface area contributed by atoms with Crippen LogP contribution in [0.2, 0.25) is 0 Å². The van der Waals surface area contributed by atoms with Gasteiger partial charge in [-0.2, -0.15) is 0 Å². The number of nitrogens with zero attached hydrogens (tertiary/aromatic N) is 1. The van der Waals surface area contributed by atoms with Crippen LogP contribution in [0, 0.1) is 6.92 Å². The van der Waals surface area contributed by atoms with E-state index in [2.05, 4.69) is 17.2 Å². The summed E-state index contributed by atoms with van der Waals surface area (Å²) in [5.74, 6) is 0.803. The number of carbonyl (C=O) groups is 1. The topological polar surface area (TPSA) is 62.2 Å². The first-order chi connectivity index (χ1) is 10.6. The number of hydrogen-bond acceptors (Lipinski definition) is 5. The Labute approximate surface area is 139 Å². The van der Waals surface area contributed by atoms with E-state index in [4.69, 9.17) is 5.11 Å². The van der Waals surface area contributed by atoms with E-state index in [1.165, 1.54) is 0 Å². The molecule has 0 radical (unpaired) electrons. The van der Waals surface area contributed by atoms with Crippen LogP contribution in [0.5, 0.6) is 0 Å². The van der Waals surface area contributed by atoms with Crippen LogP contribution in [-0.2, 0) is 0 Å². The van der Waals surface area contributed by atoms with Gasteiger partial charge in [0.2, 0.25) is 0 Å². The first-order valence-electron chi connectivity index (χ1n) is 7.14. The largest absolute Gasteiger partial charge is 0.396 e. The molecule has 0 aliphatic rings. The molecular weight excluding hydrogens is 316 g/mol. The number of nitrogens with one attached hydrogen (secondary N) is 1. The van der Waals surface area contributed by atoms with Crippen molar-refractivity contribution in [3.05, 3.63) is 45.9 Å². The average Bonchev–Trinajstić information content (AvgIpc) is 2.97. The molecule has 1 atom stereocenters. The molecule has 6 heteroatoms. The number of amides is 1. The Hall–Kier alpha value is -1.37. The minimum absolute atomic E-state index is 0.0705. The fourth-order valence-corrected chi connectivity index (χ4v) is 3.41. The maximum absolute atomic E-state index is 12.1. The Morgan fingerprint density at radius 2 is 2.14 bits per heavy atom. The van der Waals surface area contributed by atoms with Crippen molar-refractivity contribution in [1.29, 1.82) is 0 Å². The number of rotatable bonds is 7. The van der Waals surface area contributed by atoms with Crippen molar-refractivity contribution in [2.75, 3.05) is 18.9 Å². The van der Waals surface area contributed by atoms with Crippen LogP contribution in [0.3, 0.4) is 0 Å². The molecule has 1 heterocycles. The summed E-state index contributed by atoms with van der Waals surface area (Å²) in [6.45, 7) is 4.77. The molecule has 1 aromatic carbocycles. The normalized spacial score (nSPS) is 12.1. The van der Waals surface area contributed by atoms with E-state index in [0.717, 1.165) is 15.6 Å². The highest BCUT2D eigenvalue weighted by Gasteiger charge is 2.12. The predicted octanol–water partition coefficient (Wildman–Crippen LogP) is 3.07. The molecule has 1 aromatic heterocycles. The monoisotopic (exact) mass is 336 g/mol. The van der Waals surface area contributed by atoms with E-state index in [1.54, 1.807) is 23.1 Å². The highest BCUT2D eigenvalue weighted by Crippen LogP contribution is 2.20. The van der Waals surface area contributed by atoms with Crippen LogP contribution >= 0.6 is 23.1 Å². The van der Waals surface area contributed by atoms with Crippen LogP contribution < -0.4 is 5.32 Å². The Morgan fingerprint density at radius 3 is 2.73 bits per heavy atom. The van der Waals surface area contributed by atoms with Crippen LogP contribution in [0.25, 0.3) is 0 Å². The number of carbonyl (C=O) groups excluding carboxylic acids is 1. The molecule has 118 valence electrons. The lowest BCUT2D eigenvalue weighted by Crippen LogP contribution is -2.27. The quantitative estimate of drug-likeness (QED) is 0.763. The summed E-state index contributed by atoms with van der Waals surface area (Å²) in [6, 6.07) is 7.44. The van der Waals surface area contributed by atoms with Gasteiger partial charge in [0.25, 0.3) is 5.91 Å². The molecule has 2 N–H and O–H groups in total. The molecule has 0 saturated carbocycles. The maximum Gasteiger partial charge on any atom is 0.251 e. The zero-order valence-corrected chi connectivity index (χ0v) is 14.3.